The highest BCUT2D eigenvalue weighted by Gasteiger charge is 2.54. The lowest BCUT2D eigenvalue weighted by Gasteiger charge is -2.50. The number of aliphatic hydroxyl groups excluding tert-OH is 1. The molecule has 3 aliphatic carbocycles. The summed E-state index contributed by atoms with van der Waals surface area (Å²) in [6.45, 7) is 2.27. The van der Waals surface area contributed by atoms with E-state index in [1.165, 1.54) is 5.56 Å². The molecular weight excluding hydrogens is 364 g/mol. The first kappa shape index (κ1) is 18.7. The third kappa shape index (κ3) is 2.88. The van der Waals surface area contributed by atoms with Gasteiger partial charge < -0.3 is 14.9 Å². The van der Waals surface area contributed by atoms with Gasteiger partial charge in [0, 0.05) is 5.56 Å². The van der Waals surface area contributed by atoms with Crippen LogP contribution in [0.4, 0.5) is 0 Å². The first-order chi connectivity index (χ1) is 14.0. The van der Waals surface area contributed by atoms with Gasteiger partial charge in [0.15, 0.2) is 11.5 Å². The summed E-state index contributed by atoms with van der Waals surface area (Å²) in [6, 6.07) is 12.6. The lowest BCUT2D eigenvalue weighted by atomic mass is 9.55. The number of ether oxygens (including phenoxy) is 1. The summed E-state index contributed by atoms with van der Waals surface area (Å²) >= 11 is 0. The Bertz CT molecular complexity index is 937. The Morgan fingerprint density at radius 1 is 1.07 bits per heavy atom. The fraction of sp³-hybridized carbons (Fsp3) is 0.480. The van der Waals surface area contributed by atoms with E-state index in [0.29, 0.717) is 29.1 Å². The van der Waals surface area contributed by atoms with E-state index in [9.17, 15) is 15.0 Å². The molecule has 2 saturated carbocycles. The molecule has 0 radical (unpaired) electrons. The molecule has 3 aliphatic rings. The van der Waals surface area contributed by atoms with Crippen LogP contribution in [0.1, 0.15) is 66.4 Å². The smallest absolute Gasteiger partial charge is 0.343 e. The molecular formula is C25H28O4. The van der Waals surface area contributed by atoms with E-state index >= 15 is 0 Å². The Labute approximate surface area is 171 Å². The molecule has 0 spiro atoms. The average Bonchev–Trinajstić information content (AvgIpc) is 3.05. The van der Waals surface area contributed by atoms with Gasteiger partial charge in [-0.15, -0.1) is 0 Å². The van der Waals surface area contributed by atoms with Crippen LogP contribution in [0, 0.1) is 17.3 Å². The van der Waals surface area contributed by atoms with E-state index in [4.69, 9.17) is 4.74 Å². The largest absolute Gasteiger partial charge is 0.504 e. The van der Waals surface area contributed by atoms with Gasteiger partial charge in [-0.2, -0.15) is 0 Å². The number of aromatic hydroxyl groups is 1. The van der Waals surface area contributed by atoms with Crippen molar-refractivity contribution in [1.29, 1.82) is 0 Å². The lowest BCUT2D eigenvalue weighted by molar-refractivity contribution is -0.0227. The molecule has 0 aromatic heterocycles. The number of esters is 1. The number of phenols is 1. The molecule has 5 atom stereocenters. The van der Waals surface area contributed by atoms with Crippen LogP contribution >= 0.6 is 0 Å². The van der Waals surface area contributed by atoms with Crippen molar-refractivity contribution >= 4 is 5.97 Å². The summed E-state index contributed by atoms with van der Waals surface area (Å²) in [5.41, 5.74) is 2.72. The van der Waals surface area contributed by atoms with Gasteiger partial charge in [0.25, 0.3) is 0 Å². The maximum atomic E-state index is 12.6. The molecule has 4 heteroatoms. The molecule has 0 saturated heterocycles. The maximum absolute atomic E-state index is 12.6. The molecule has 5 rings (SSSR count). The molecule has 0 amide bonds. The normalized spacial score (nSPS) is 32.8. The number of phenolic OH excluding ortho intramolecular Hbond substituents is 1. The van der Waals surface area contributed by atoms with Gasteiger partial charge in [0.1, 0.15) is 0 Å². The van der Waals surface area contributed by atoms with Gasteiger partial charge >= 0.3 is 5.97 Å². The number of aliphatic hydroxyl groups is 1. The van der Waals surface area contributed by atoms with Crippen LogP contribution in [0.2, 0.25) is 0 Å². The van der Waals surface area contributed by atoms with Crippen molar-refractivity contribution in [2.24, 2.45) is 17.3 Å². The number of fused-ring (bicyclic) bond motifs is 5. The number of carbonyl (C=O) groups excluding carboxylic acids is 1. The Morgan fingerprint density at radius 2 is 1.86 bits per heavy atom. The van der Waals surface area contributed by atoms with Crippen molar-refractivity contribution in [1.82, 2.24) is 0 Å². The van der Waals surface area contributed by atoms with Crippen LogP contribution in [0.25, 0.3) is 0 Å². The highest BCUT2D eigenvalue weighted by molar-refractivity contribution is 5.91. The summed E-state index contributed by atoms with van der Waals surface area (Å²) in [7, 11) is 0. The summed E-state index contributed by atoms with van der Waals surface area (Å²) in [4.78, 5) is 12.6. The lowest BCUT2D eigenvalue weighted by Crippen LogP contribution is -2.44. The van der Waals surface area contributed by atoms with Crippen LogP contribution < -0.4 is 4.74 Å². The van der Waals surface area contributed by atoms with Crippen molar-refractivity contribution < 1.29 is 19.7 Å². The first-order valence-corrected chi connectivity index (χ1v) is 10.8. The molecule has 0 unspecified atom stereocenters. The third-order valence-corrected chi connectivity index (χ3v) is 7.99. The maximum Gasteiger partial charge on any atom is 0.343 e. The summed E-state index contributed by atoms with van der Waals surface area (Å²) in [6.07, 6.45) is 5.71. The number of benzene rings is 2. The minimum atomic E-state index is -0.438. The van der Waals surface area contributed by atoms with Crippen molar-refractivity contribution in [3.63, 3.8) is 0 Å². The SMILES string of the molecule is C[C@]12CC[C@@H]3c4ccc(O)c(OC(=O)c5ccccc5)c4CC[C@H]3[C@@H]1CC[C@@H]2O. The minimum absolute atomic E-state index is 0.0309. The molecule has 0 heterocycles. The van der Waals surface area contributed by atoms with Crippen LogP contribution in [-0.2, 0) is 6.42 Å². The average molecular weight is 392 g/mol. The van der Waals surface area contributed by atoms with E-state index in [1.807, 2.05) is 12.1 Å². The quantitative estimate of drug-likeness (QED) is 0.568. The number of rotatable bonds is 2. The van der Waals surface area contributed by atoms with Crippen molar-refractivity contribution in [2.75, 3.05) is 0 Å². The molecule has 0 bridgehead atoms. The van der Waals surface area contributed by atoms with Gasteiger partial charge in [0.05, 0.1) is 11.7 Å². The molecule has 29 heavy (non-hydrogen) atoms. The van der Waals surface area contributed by atoms with Crippen LogP contribution in [-0.4, -0.2) is 22.3 Å². The Morgan fingerprint density at radius 3 is 2.66 bits per heavy atom. The van der Waals surface area contributed by atoms with E-state index in [1.54, 1.807) is 30.3 Å². The van der Waals surface area contributed by atoms with Gasteiger partial charge in [-0.1, -0.05) is 31.2 Å². The summed E-state index contributed by atoms with van der Waals surface area (Å²) in [5, 5.41) is 21.0. The van der Waals surface area contributed by atoms with Crippen LogP contribution in [0.3, 0.4) is 0 Å². The van der Waals surface area contributed by atoms with E-state index < -0.39 is 5.97 Å². The van der Waals surface area contributed by atoms with Gasteiger partial charge in [0.2, 0.25) is 0 Å². The number of hydrogen-bond acceptors (Lipinski definition) is 4. The number of hydrogen-bond donors (Lipinski definition) is 2. The third-order valence-electron chi connectivity index (χ3n) is 7.99. The topological polar surface area (TPSA) is 66.8 Å². The van der Waals surface area contributed by atoms with Crippen LogP contribution in [0.15, 0.2) is 42.5 Å². The monoisotopic (exact) mass is 392 g/mol. The molecule has 4 nitrogen and oxygen atoms in total. The van der Waals surface area contributed by atoms with E-state index in [-0.39, 0.29) is 17.3 Å². The fourth-order valence-electron chi connectivity index (χ4n) is 6.44. The first-order valence-electron chi connectivity index (χ1n) is 10.8. The van der Waals surface area contributed by atoms with E-state index in [2.05, 4.69) is 6.92 Å². The molecule has 0 aliphatic heterocycles. The Kier molecular flexibility index (Phi) is 4.43. The fourth-order valence-corrected chi connectivity index (χ4v) is 6.44. The van der Waals surface area contributed by atoms with Crippen molar-refractivity contribution in [2.45, 2.75) is 57.5 Å². The van der Waals surface area contributed by atoms with Crippen molar-refractivity contribution in [3.8, 4) is 11.5 Å². The second-order valence-electron chi connectivity index (χ2n) is 9.29. The zero-order valence-electron chi connectivity index (χ0n) is 16.8. The molecule has 2 fully saturated rings. The molecule has 152 valence electrons. The van der Waals surface area contributed by atoms with Gasteiger partial charge in [-0.25, -0.2) is 4.79 Å². The second kappa shape index (κ2) is 6.88. The minimum Gasteiger partial charge on any atom is -0.504 e. The van der Waals surface area contributed by atoms with Crippen LogP contribution in [0.5, 0.6) is 11.5 Å². The molecule has 2 aromatic carbocycles. The summed E-state index contributed by atoms with van der Waals surface area (Å²) < 4.78 is 5.70. The van der Waals surface area contributed by atoms with Crippen molar-refractivity contribution in [3.05, 3.63) is 59.2 Å². The Balaban J connectivity index is 1.47. The van der Waals surface area contributed by atoms with Gasteiger partial charge in [-0.3, -0.25) is 0 Å². The van der Waals surface area contributed by atoms with E-state index in [0.717, 1.165) is 44.1 Å². The highest BCUT2D eigenvalue weighted by Crippen LogP contribution is 2.61. The zero-order chi connectivity index (χ0) is 20.2. The summed E-state index contributed by atoms with van der Waals surface area (Å²) in [5.74, 6) is 1.44. The predicted molar refractivity (Wildman–Crippen MR) is 110 cm³/mol. The molecule has 2 aromatic rings. The predicted octanol–water partition coefficient (Wildman–Crippen LogP) is 4.83. The highest BCUT2D eigenvalue weighted by atomic mass is 16.5. The van der Waals surface area contributed by atoms with Gasteiger partial charge in [-0.05, 0) is 85.5 Å². The second-order valence-corrected chi connectivity index (χ2v) is 9.29. The standard InChI is InChI=1S/C25H28O4/c1-25-14-13-17-16-9-11-21(26)23(29-24(28)15-5-3-2-4-6-15)19(16)8-7-18(17)20(25)10-12-22(25)27/h2-6,9,11,17-18,20,22,26-27H,7-8,10,12-14H2,1H3/t17-,18-,20+,22+,25+/m1/s1. The Hall–Kier alpha value is -2.33. The number of carbonyl (C=O) groups is 1. The zero-order valence-corrected chi connectivity index (χ0v) is 16.8. The molecule has 2 N–H and O–H groups in total.